The highest BCUT2D eigenvalue weighted by Gasteiger charge is 2.18. The molecule has 3 aromatic rings. The van der Waals surface area contributed by atoms with Crippen LogP contribution in [0.5, 0.6) is 0 Å². The summed E-state index contributed by atoms with van der Waals surface area (Å²) in [6.07, 6.45) is 1.57. The van der Waals surface area contributed by atoms with Gasteiger partial charge in [-0.15, -0.1) is 0 Å². The molecule has 0 spiro atoms. The lowest BCUT2D eigenvalue weighted by molar-refractivity contribution is 0.126. The summed E-state index contributed by atoms with van der Waals surface area (Å²) in [5, 5.41) is 8.15. The summed E-state index contributed by atoms with van der Waals surface area (Å²) in [4.78, 5) is 24.9. The van der Waals surface area contributed by atoms with Gasteiger partial charge in [0.25, 0.3) is 5.56 Å². The minimum Gasteiger partial charge on any atom is -0.355 e. The summed E-state index contributed by atoms with van der Waals surface area (Å²) in [6.45, 7) is 11.9. The van der Waals surface area contributed by atoms with Crippen molar-refractivity contribution in [3.8, 4) is 5.69 Å². The molecule has 8 nitrogen and oxygen atoms in total. The number of hydrogen-bond donors (Lipinski definition) is 2. The molecule has 29 heavy (non-hydrogen) atoms. The van der Waals surface area contributed by atoms with E-state index in [1.807, 2.05) is 30.3 Å². The molecule has 1 aliphatic rings. The van der Waals surface area contributed by atoms with Crippen molar-refractivity contribution in [2.24, 2.45) is 5.92 Å². The molecule has 3 heterocycles. The highest BCUT2D eigenvalue weighted by molar-refractivity contribution is 5.76. The van der Waals surface area contributed by atoms with Crippen LogP contribution in [0, 0.1) is 5.92 Å². The van der Waals surface area contributed by atoms with Crippen molar-refractivity contribution in [3.05, 3.63) is 46.9 Å². The second-order valence-electron chi connectivity index (χ2n) is 7.76. The number of nitrogens with zero attached hydrogens (tertiary/aromatic N) is 5. The fraction of sp³-hybridized carbons (Fsp3) is 0.476. The van der Waals surface area contributed by atoms with Crippen molar-refractivity contribution in [2.45, 2.75) is 13.8 Å². The van der Waals surface area contributed by atoms with Crippen LogP contribution >= 0.6 is 0 Å². The molecule has 1 saturated heterocycles. The fourth-order valence-corrected chi connectivity index (χ4v) is 3.82. The Morgan fingerprint density at radius 2 is 1.86 bits per heavy atom. The van der Waals surface area contributed by atoms with E-state index in [9.17, 15) is 4.79 Å². The highest BCUT2D eigenvalue weighted by atomic mass is 16.1. The molecule has 4 rings (SSSR count). The Hall–Kier alpha value is -2.71. The smallest absolute Gasteiger partial charge is 0.263 e. The molecule has 8 heteroatoms. The first-order chi connectivity index (χ1) is 14.1. The summed E-state index contributed by atoms with van der Waals surface area (Å²) in [5.74, 6) is 0.936. The van der Waals surface area contributed by atoms with Crippen molar-refractivity contribution >= 4 is 17.0 Å². The van der Waals surface area contributed by atoms with Gasteiger partial charge < -0.3 is 15.1 Å². The van der Waals surface area contributed by atoms with E-state index in [1.165, 1.54) is 0 Å². The Kier molecular flexibility index (Phi) is 5.92. The van der Waals surface area contributed by atoms with Crippen molar-refractivity contribution in [2.75, 3.05) is 51.1 Å². The minimum atomic E-state index is -0.178. The van der Waals surface area contributed by atoms with E-state index in [4.69, 9.17) is 0 Å². The van der Waals surface area contributed by atoms with E-state index in [0.717, 1.165) is 51.5 Å². The molecule has 0 aliphatic carbocycles. The maximum absolute atomic E-state index is 12.5. The summed E-state index contributed by atoms with van der Waals surface area (Å²) in [5.41, 5.74) is 1.26. The van der Waals surface area contributed by atoms with Gasteiger partial charge >= 0.3 is 0 Å². The molecule has 1 fully saturated rings. The van der Waals surface area contributed by atoms with Gasteiger partial charge in [-0.1, -0.05) is 32.0 Å². The number of hydrogen-bond acceptors (Lipinski definition) is 6. The van der Waals surface area contributed by atoms with Crippen LogP contribution < -0.4 is 10.9 Å². The van der Waals surface area contributed by atoms with Gasteiger partial charge in [0.1, 0.15) is 5.39 Å². The van der Waals surface area contributed by atoms with Gasteiger partial charge in [0.2, 0.25) is 5.95 Å². The van der Waals surface area contributed by atoms with Crippen molar-refractivity contribution in [1.29, 1.82) is 0 Å². The van der Waals surface area contributed by atoms with Crippen LogP contribution in [0.3, 0.4) is 0 Å². The zero-order chi connectivity index (χ0) is 20.2. The maximum Gasteiger partial charge on any atom is 0.263 e. The van der Waals surface area contributed by atoms with Gasteiger partial charge in [0.15, 0.2) is 5.65 Å². The molecule has 0 amide bonds. The number of fused-ring (bicyclic) bond motifs is 1. The third-order valence-corrected chi connectivity index (χ3v) is 5.54. The summed E-state index contributed by atoms with van der Waals surface area (Å²) in [6, 6.07) is 9.73. The molecule has 0 radical (unpaired) electrons. The number of benzene rings is 1. The third kappa shape index (κ3) is 4.49. The van der Waals surface area contributed by atoms with E-state index < -0.39 is 0 Å². The number of nitrogens with one attached hydrogen (secondary N) is 2. The first-order valence-electron chi connectivity index (χ1n) is 10.4. The normalized spacial score (nSPS) is 16.9. The SMILES string of the molecule is CCN1CCN(CC(C)CNc2nc3c(cnn3-c3ccccc3)c(=O)[nH]2)CC1. The van der Waals surface area contributed by atoms with E-state index in [0.29, 0.717) is 22.9 Å². The second-order valence-corrected chi connectivity index (χ2v) is 7.76. The molecular weight excluding hydrogens is 366 g/mol. The lowest BCUT2D eigenvalue weighted by atomic mass is 10.1. The largest absolute Gasteiger partial charge is 0.355 e. The van der Waals surface area contributed by atoms with Gasteiger partial charge in [0, 0.05) is 39.3 Å². The topological polar surface area (TPSA) is 82.1 Å². The van der Waals surface area contributed by atoms with Gasteiger partial charge in [-0.05, 0) is 24.6 Å². The molecule has 0 bridgehead atoms. The standard InChI is InChI=1S/C21H29N7O/c1-3-26-9-11-27(12-10-26)15-16(2)13-22-21-24-19-18(20(29)25-21)14-23-28(19)17-7-5-4-6-8-17/h4-8,14,16H,3,9-13,15H2,1-2H3,(H2,22,24,25,29). The number of H-pyrrole nitrogens is 1. The van der Waals surface area contributed by atoms with E-state index in [1.54, 1.807) is 10.9 Å². The van der Waals surface area contributed by atoms with Crippen molar-refractivity contribution in [3.63, 3.8) is 0 Å². The molecule has 2 N–H and O–H groups in total. The predicted octanol–water partition coefficient (Wildman–Crippen LogP) is 1.79. The molecule has 1 unspecified atom stereocenters. The van der Waals surface area contributed by atoms with Gasteiger partial charge in [-0.25, -0.2) is 4.68 Å². The lowest BCUT2D eigenvalue weighted by Gasteiger charge is -2.35. The molecule has 0 saturated carbocycles. The second kappa shape index (κ2) is 8.75. The van der Waals surface area contributed by atoms with Crippen molar-refractivity contribution in [1.82, 2.24) is 29.5 Å². The number of aromatic nitrogens is 4. The quantitative estimate of drug-likeness (QED) is 0.635. The number of rotatable bonds is 7. The maximum atomic E-state index is 12.5. The van der Waals surface area contributed by atoms with Crippen LogP contribution in [0.15, 0.2) is 41.3 Å². The number of likely N-dealkylation sites (N-methyl/N-ethyl adjacent to an activating group) is 1. The number of para-hydroxylation sites is 1. The highest BCUT2D eigenvalue weighted by Crippen LogP contribution is 2.15. The van der Waals surface area contributed by atoms with Crippen LogP contribution in [0.1, 0.15) is 13.8 Å². The van der Waals surface area contributed by atoms with E-state index >= 15 is 0 Å². The van der Waals surface area contributed by atoms with Crippen LogP contribution in [0.25, 0.3) is 16.7 Å². The van der Waals surface area contributed by atoms with Gasteiger partial charge in [-0.2, -0.15) is 10.1 Å². The molecule has 1 aliphatic heterocycles. The Morgan fingerprint density at radius 3 is 2.59 bits per heavy atom. The average molecular weight is 396 g/mol. The van der Waals surface area contributed by atoms with Crippen LogP contribution in [-0.4, -0.2) is 75.4 Å². The van der Waals surface area contributed by atoms with Crippen molar-refractivity contribution < 1.29 is 0 Å². The zero-order valence-corrected chi connectivity index (χ0v) is 17.1. The summed E-state index contributed by atoms with van der Waals surface area (Å²) in [7, 11) is 0. The summed E-state index contributed by atoms with van der Waals surface area (Å²) < 4.78 is 1.70. The Balaban J connectivity index is 1.42. The van der Waals surface area contributed by atoms with Gasteiger partial charge in [0.05, 0.1) is 11.9 Å². The lowest BCUT2D eigenvalue weighted by Crippen LogP contribution is -2.47. The Bertz CT molecular complexity index is 989. The summed E-state index contributed by atoms with van der Waals surface area (Å²) >= 11 is 0. The number of anilines is 1. The zero-order valence-electron chi connectivity index (χ0n) is 17.1. The van der Waals surface area contributed by atoms with Gasteiger partial charge in [-0.3, -0.25) is 9.78 Å². The monoisotopic (exact) mass is 395 g/mol. The molecule has 1 aromatic carbocycles. The first kappa shape index (κ1) is 19.6. The molecule has 1 atom stereocenters. The number of aromatic amines is 1. The van der Waals surface area contributed by atoms with E-state index in [2.05, 4.69) is 44.0 Å². The van der Waals surface area contributed by atoms with E-state index in [-0.39, 0.29) is 5.56 Å². The third-order valence-electron chi connectivity index (χ3n) is 5.54. The van der Waals surface area contributed by atoms with Crippen LogP contribution in [0.4, 0.5) is 5.95 Å². The number of piperazine rings is 1. The average Bonchev–Trinajstić information content (AvgIpc) is 3.18. The van der Waals surface area contributed by atoms with Crippen LogP contribution in [-0.2, 0) is 0 Å². The van der Waals surface area contributed by atoms with Crippen LogP contribution in [0.2, 0.25) is 0 Å². The predicted molar refractivity (Wildman–Crippen MR) is 116 cm³/mol. The minimum absolute atomic E-state index is 0.178. The Morgan fingerprint density at radius 1 is 1.14 bits per heavy atom. The molecule has 154 valence electrons. The molecule has 2 aromatic heterocycles. The Labute approximate surface area is 170 Å². The molecular formula is C21H29N7O. The fourth-order valence-electron chi connectivity index (χ4n) is 3.82. The first-order valence-corrected chi connectivity index (χ1v) is 10.4.